The lowest BCUT2D eigenvalue weighted by Gasteiger charge is -2.15. The van der Waals surface area contributed by atoms with Crippen molar-refractivity contribution in [2.24, 2.45) is 0 Å². The molecule has 0 aliphatic heterocycles. The Kier molecular flexibility index (Phi) is 7.25. The first kappa shape index (κ1) is 15.4. The molecule has 1 atom stereocenters. The molecule has 1 rings (SSSR count). The maximum atomic E-state index is 12.9. The molecule has 0 fully saturated rings. The molecule has 0 spiro atoms. The Bertz CT molecular complexity index is 360. The molecule has 0 aliphatic rings. The Morgan fingerprint density at radius 2 is 2.11 bits per heavy atom. The summed E-state index contributed by atoms with van der Waals surface area (Å²) in [6, 6.07) is 4.67. The number of halogens is 2. The van der Waals surface area contributed by atoms with Crippen molar-refractivity contribution in [1.82, 2.24) is 5.32 Å². The van der Waals surface area contributed by atoms with Crippen LogP contribution in [0.25, 0.3) is 0 Å². The van der Waals surface area contributed by atoms with Gasteiger partial charge in [-0.2, -0.15) is 0 Å². The van der Waals surface area contributed by atoms with Crippen LogP contribution in [-0.2, 0) is 4.74 Å². The Labute approximate surface area is 113 Å². The Morgan fingerprint density at radius 3 is 2.78 bits per heavy atom. The monoisotopic (exact) mass is 273 g/mol. The van der Waals surface area contributed by atoms with Crippen molar-refractivity contribution in [2.45, 2.75) is 32.2 Å². The number of hydrogen-bond donors (Lipinski definition) is 1. The fourth-order valence-corrected chi connectivity index (χ4v) is 2.16. The highest BCUT2D eigenvalue weighted by molar-refractivity contribution is 6.31. The van der Waals surface area contributed by atoms with Gasteiger partial charge in [-0.05, 0) is 50.4 Å². The molecule has 1 aromatic rings. The van der Waals surface area contributed by atoms with Gasteiger partial charge in [0.15, 0.2) is 0 Å². The Balaban J connectivity index is 2.29. The van der Waals surface area contributed by atoms with Gasteiger partial charge in [0.05, 0.1) is 0 Å². The van der Waals surface area contributed by atoms with E-state index in [2.05, 4.69) is 5.32 Å². The summed E-state index contributed by atoms with van der Waals surface area (Å²) < 4.78 is 17.9. The zero-order valence-electron chi connectivity index (χ0n) is 11.0. The highest BCUT2D eigenvalue weighted by atomic mass is 35.5. The second kappa shape index (κ2) is 8.46. The van der Waals surface area contributed by atoms with Gasteiger partial charge in [-0.25, -0.2) is 4.39 Å². The zero-order valence-corrected chi connectivity index (χ0v) is 11.8. The quantitative estimate of drug-likeness (QED) is 0.724. The first-order valence-corrected chi connectivity index (χ1v) is 6.70. The fourth-order valence-electron chi connectivity index (χ4n) is 1.83. The van der Waals surface area contributed by atoms with Gasteiger partial charge in [-0.3, -0.25) is 0 Å². The van der Waals surface area contributed by atoms with E-state index >= 15 is 0 Å². The lowest BCUT2D eigenvalue weighted by atomic mass is 10.1. The van der Waals surface area contributed by atoms with Crippen LogP contribution in [0.1, 0.15) is 37.8 Å². The van der Waals surface area contributed by atoms with Crippen LogP contribution in [0.4, 0.5) is 4.39 Å². The number of methoxy groups -OCH3 is 1. The molecule has 0 heterocycles. The highest BCUT2D eigenvalue weighted by Gasteiger charge is 2.09. The average Bonchev–Trinajstić information content (AvgIpc) is 2.33. The summed E-state index contributed by atoms with van der Waals surface area (Å²) in [4.78, 5) is 0. The predicted octanol–water partition coefficient (Wildman–Crippen LogP) is 3.95. The van der Waals surface area contributed by atoms with Crippen molar-refractivity contribution in [3.8, 4) is 0 Å². The van der Waals surface area contributed by atoms with Crippen molar-refractivity contribution >= 4 is 11.6 Å². The van der Waals surface area contributed by atoms with Gasteiger partial charge < -0.3 is 10.1 Å². The van der Waals surface area contributed by atoms with Crippen molar-refractivity contribution in [2.75, 3.05) is 20.3 Å². The van der Waals surface area contributed by atoms with Gasteiger partial charge >= 0.3 is 0 Å². The number of ether oxygens (including phenoxy) is 1. The fraction of sp³-hybridized carbons (Fsp3) is 0.571. The molecule has 1 N–H and O–H groups in total. The number of rotatable bonds is 8. The normalized spacial score (nSPS) is 12.7. The van der Waals surface area contributed by atoms with Crippen molar-refractivity contribution in [3.05, 3.63) is 34.6 Å². The predicted molar refractivity (Wildman–Crippen MR) is 73.6 cm³/mol. The Morgan fingerprint density at radius 1 is 1.33 bits per heavy atom. The molecule has 2 nitrogen and oxygen atoms in total. The molecule has 0 amide bonds. The van der Waals surface area contributed by atoms with E-state index in [0.29, 0.717) is 5.02 Å². The molecule has 0 aromatic heterocycles. The summed E-state index contributed by atoms with van der Waals surface area (Å²) >= 11 is 6.01. The smallest absolute Gasteiger partial charge is 0.124 e. The average molecular weight is 274 g/mol. The van der Waals surface area contributed by atoms with E-state index in [-0.39, 0.29) is 11.9 Å². The van der Waals surface area contributed by atoms with E-state index in [1.54, 1.807) is 13.2 Å². The van der Waals surface area contributed by atoms with Crippen LogP contribution in [0.2, 0.25) is 5.02 Å². The summed E-state index contributed by atoms with van der Waals surface area (Å²) in [6.07, 6.45) is 3.33. The minimum absolute atomic E-state index is 0.139. The lowest BCUT2D eigenvalue weighted by Crippen LogP contribution is -2.20. The number of unbranched alkanes of at least 4 members (excludes halogenated alkanes) is 2. The van der Waals surface area contributed by atoms with Gasteiger partial charge in [-0.15, -0.1) is 0 Å². The van der Waals surface area contributed by atoms with Gasteiger partial charge in [0.1, 0.15) is 5.82 Å². The molecule has 0 bridgehead atoms. The van der Waals surface area contributed by atoms with Crippen molar-refractivity contribution in [3.63, 3.8) is 0 Å². The van der Waals surface area contributed by atoms with E-state index in [4.69, 9.17) is 16.3 Å². The van der Waals surface area contributed by atoms with Crippen molar-refractivity contribution in [1.29, 1.82) is 0 Å². The number of benzene rings is 1. The van der Waals surface area contributed by atoms with Crippen LogP contribution in [0, 0.1) is 5.82 Å². The molecule has 0 aliphatic carbocycles. The lowest BCUT2D eigenvalue weighted by molar-refractivity contribution is 0.192. The van der Waals surface area contributed by atoms with Crippen LogP contribution in [0.5, 0.6) is 0 Å². The van der Waals surface area contributed by atoms with Crippen molar-refractivity contribution < 1.29 is 9.13 Å². The molecule has 0 saturated heterocycles. The first-order valence-electron chi connectivity index (χ1n) is 6.32. The van der Waals surface area contributed by atoms with Crippen LogP contribution >= 0.6 is 11.6 Å². The Hall–Kier alpha value is -0.640. The maximum Gasteiger partial charge on any atom is 0.124 e. The van der Waals surface area contributed by atoms with Gasteiger partial charge in [0, 0.05) is 24.8 Å². The number of hydrogen-bond acceptors (Lipinski definition) is 2. The van der Waals surface area contributed by atoms with Gasteiger partial charge in [-0.1, -0.05) is 17.7 Å². The minimum atomic E-state index is -0.296. The molecule has 18 heavy (non-hydrogen) atoms. The van der Waals surface area contributed by atoms with E-state index in [0.717, 1.165) is 38.0 Å². The molecular weight excluding hydrogens is 253 g/mol. The van der Waals surface area contributed by atoms with Crippen LogP contribution in [-0.4, -0.2) is 20.3 Å². The third-order valence-corrected chi connectivity index (χ3v) is 3.23. The summed E-state index contributed by atoms with van der Waals surface area (Å²) in [5, 5.41) is 3.87. The largest absolute Gasteiger partial charge is 0.385 e. The highest BCUT2D eigenvalue weighted by Crippen LogP contribution is 2.23. The van der Waals surface area contributed by atoms with Gasteiger partial charge in [0.2, 0.25) is 0 Å². The van der Waals surface area contributed by atoms with E-state index in [1.807, 2.05) is 6.92 Å². The van der Waals surface area contributed by atoms with Crippen LogP contribution < -0.4 is 5.32 Å². The van der Waals surface area contributed by atoms with Crippen LogP contribution in [0.3, 0.4) is 0 Å². The molecule has 0 saturated carbocycles. The number of nitrogens with one attached hydrogen (secondary N) is 1. The summed E-state index contributed by atoms with van der Waals surface area (Å²) in [7, 11) is 1.72. The summed E-state index contributed by atoms with van der Waals surface area (Å²) in [5.74, 6) is -0.296. The standard InChI is InChI=1S/C14H21ClFNO/c1-11(17-8-4-3-5-9-18-2)13-7-6-12(16)10-14(13)15/h6-7,10-11,17H,3-5,8-9H2,1-2H3. The van der Waals surface area contributed by atoms with Gasteiger partial charge in [0.25, 0.3) is 0 Å². The third-order valence-electron chi connectivity index (χ3n) is 2.90. The van der Waals surface area contributed by atoms with E-state index in [9.17, 15) is 4.39 Å². The summed E-state index contributed by atoms with van der Waals surface area (Å²) in [6.45, 7) is 3.78. The SMILES string of the molecule is COCCCCCNC(C)c1ccc(F)cc1Cl. The third kappa shape index (κ3) is 5.34. The minimum Gasteiger partial charge on any atom is -0.385 e. The molecule has 4 heteroatoms. The molecule has 1 aromatic carbocycles. The molecule has 0 radical (unpaired) electrons. The topological polar surface area (TPSA) is 21.3 Å². The van der Waals surface area contributed by atoms with E-state index in [1.165, 1.54) is 12.1 Å². The summed E-state index contributed by atoms with van der Waals surface area (Å²) in [5.41, 5.74) is 0.940. The molecule has 102 valence electrons. The van der Waals surface area contributed by atoms with Crippen LogP contribution in [0.15, 0.2) is 18.2 Å². The second-order valence-corrected chi connectivity index (χ2v) is 4.80. The zero-order chi connectivity index (χ0) is 13.4. The second-order valence-electron chi connectivity index (χ2n) is 4.40. The van der Waals surface area contributed by atoms with E-state index < -0.39 is 0 Å². The molecule has 1 unspecified atom stereocenters. The maximum absolute atomic E-state index is 12.9. The first-order chi connectivity index (χ1) is 8.65. The molecular formula is C14H21ClFNO.